The molecule has 8 heteroatoms. The molecule has 1 N–H and O–H groups in total. The number of nitrogens with one attached hydrogen (secondary N) is 1. The van der Waals surface area contributed by atoms with Crippen molar-refractivity contribution in [3.63, 3.8) is 0 Å². The van der Waals surface area contributed by atoms with Gasteiger partial charge in [-0.25, -0.2) is 4.79 Å². The van der Waals surface area contributed by atoms with E-state index in [0.29, 0.717) is 0 Å². The molecule has 3 aromatic rings. The molecule has 0 unspecified atom stereocenters. The summed E-state index contributed by atoms with van der Waals surface area (Å²) in [6, 6.07) is 27.7. The summed E-state index contributed by atoms with van der Waals surface area (Å²) < 4.78 is 30.7. The maximum Gasteiger partial charge on any atom is 0.331 e. The molecule has 6 atom stereocenters. The van der Waals surface area contributed by atoms with Crippen LogP contribution < -0.4 is 5.32 Å². The van der Waals surface area contributed by atoms with Gasteiger partial charge in [0.05, 0.1) is 13.2 Å². The van der Waals surface area contributed by atoms with Crippen LogP contribution >= 0.6 is 0 Å². The molecule has 39 heavy (non-hydrogen) atoms. The van der Waals surface area contributed by atoms with Gasteiger partial charge >= 0.3 is 5.97 Å². The van der Waals surface area contributed by atoms with Gasteiger partial charge in [-0.1, -0.05) is 91.0 Å². The van der Waals surface area contributed by atoms with Crippen LogP contribution in [0.4, 0.5) is 0 Å². The summed E-state index contributed by atoms with van der Waals surface area (Å²) in [5, 5.41) is 2.87. The number of amides is 1. The number of hydrogen-bond donors (Lipinski definition) is 1. The number of carbonyl (C=O) groups excluding carboxylic acids is 2. The Morgan fingerprint density at radius 2 is 1.59 bits per heavy atom. The average molecular weight is 530 g/mol. The summed E-state index contributed by atoms with van der Waals surface area (Å²) in [4.78, 5) is 25.3. The Hall–Kier alpha value is -3.82. The Labute approximate surface area is 227 Å². The molecule has 0 bridgehead atoms. The molecule has 2 aliphatic rings. The zero-order valence-corrected chi connectivity index (χ0v) is 21.6. The highest BCUT2D eigenvalue weighted by atomic mass is 16.8. The van der Waals surface area contributed by atoms with Crippen molar-refractivity contribution in [2.24, 2.45) is 0 Å². The van der Waals surface area contributed by atoms with Gasteiger partial charge in [0.15, 0.2) is 18.7 Å². The molecule has 0 saturated carbocycles. The van der Waals surface area contributed by atoms with Crippen LogP contribution in [0.3, 0.4) is 0 Å². The number of esters is 1. The van der Waals surface area contributed by atoms with Crippen molar-refractivity contribution >= 4 is 18.0 Å². The number of rotatable bonds is 8. The number of fused-ring (bicyclic) bond motifs is 1. The van der Waals surface area contributed by atoms with Gasteiger partial charge in [-0.05, 0) is 17.2 Å². The molecule has 0 radical (unpaired) electrons. The Balaban J connectivity index is 1.40. The minimum Gasteiger partial charge on any atom is -0.454 e. The van der Waals surface area contributed by atoms with Gasteiger partial charge in [0.1, 0.15) is 18.2 Å². The van der Waals surface area contributed by atoms with Crippen molar-refractivity contribution in [1.82, 2.24) is 5.32 Å². The minimum atomic E-state index is -0.910. The van der Waals surface area contributed by atoms with Gasteiger partial charge in [0.2, 0.25) is 5.91 Å². The van der Waals surface area contributed by atoms with Gasteiger partial charge in [-0.2, -0.15) is 0 Å². The standard InChI is InChI=1S/C31H31NO7/c1-21(33)32-27-29(38-26(34)18-17-22-11-5-2-6-12-22)28-25(20-36-30(39-28)24-15-9-4-10-16-24)37-31(27)35-19-23-13-7-3-8-14-23/h2-18,25,27-31H,19-20H2,1H3,(H,32,33)/b18-17+/t25-,27+,28+,29+,30+,31-/m1/s1. The maximum atomic E-state index is 13.0. The van der Waals surface area contributed by atoms with Crippen LogP contribution in [0.15, 0.2) is 97.1 Å². The van der Waals surface area contributed by atoms with Crippen molar-refractivity contribution in [3.8, 4) is 0 Å². The average Bonchev–Trinajstić information content (AvgIpc) is 2.97. The van der Waals surface area contributed by atoms with E-state index in [1.807, 2.05) is 91.0 Å². The van der Waals surface area contributed by atoms with E-state index < -0.39 is 42.9 Å². The fourth-order valence-electron chi connectivity index (χ4n) is 4.68. The maximum absolute atomic E-state index is 13.0. The van der Waals surface area contributed by atoms with E-state index in [2.05, 4.69) is 5.32 Å². The van der Waals surface area contributed by atoms with Crippen LogP contribution in [0.1, 0.15) is 29.9 Å². The number of ether oxygens (including phenoxy) is 5. The molecule has 202 valence electrons. The molecular weight excluding hydrogens is 498 g/mol. The van der Waals surface area contributed by atoms with Crippen molar-refractivity contribution in [2.75, 3.05) is 6.61 Å². The lowest BCUT2D eigenvalue weighted by Crippen LogP contribution is -2.67. The zero-order chi connectivity index (χ0) is 27.0. The fourth-order valence-corrected chi connectivity index (χ4v) is 4.68. The lowest BCUT2D eigenvalue weighted by Gasteiger charge is -2.48. The minimum absolute atomic E-state index is 0.191. The van der Waals surface area contributed by atoms with Crippen LogP contribution in [-0.4, -0.2) is 49.1 Å². The topological polar surface area (TPSA) is 92.3 Å². The lowest BCUT2D eigenvalue weighted by atomic mass is 9.95. The summed E-state index contributed by atoms with van der Waals surface area (Å²) in [6.07, 6.45) is -0.773. The van der Waals surface area contributed by atoms with Gasteiger partial charge < -0.3 is 29.0 Å². The third-order valence-corrected chi connectivity index (χ3v) is 6.50. The number of hydrogen-bond acceptors (Lipinski definition) is 7. The first-order chi connectivity index (χ1) is 19.1. The molecule has 0 spiro atoms. The molecule has 2 heterocycles. The number of benzene rings is 3. The fraction of sp³-hybridized carbons (Fsp3) is 0.290. The third kappa shape index (κ3) is 6.99. The highest BCUT2D eigenvalue weighted by molar-refractivity contribution is 5.87. The Morgan fingerprint density at radius 3 is 2.28 bits per heavy atom. The van der Waals surface area contributed by atoms with Gasteiger partial charge in [-0.15, -0.1) is 0 Å². The molecule has 5 rings (SSSR count). The quantitative estimate of drug-likeness (QED) is 0.346. The first-order valence-electron chi connectivity index (χ1n) is 12.9. The Bertz CT molecular complexity index is 1250. The van der Waals surface area contributed by atoms with Crippen LogP contribution in [0.2, 0.25) is 0 Å². The summed E-state index contributed by atoms with van der Waals surface area (Å²) in [5.74, 6) is -0.893. The first-order valence-corrected chi connectivity index (χ1v) is 12.9. The second-order valence-corrected chi connectivity index (χ2v) is 9.39. The highest BCUT2D eigenvalue weighted by Crippen LogP contribution is 2.36. The molecule has 0 aromatic heterocycles. The van der Waals surface area contributed by atoms with Crippen molar-refractivity contribution in [2.45, 2.75) is 50.5 Å². The van der Waals surface area contributed by atoms with E-state index in [1.54, 1.807) is 6.08 Å². The molecule has 3 aromatic carbocycles. The van der Waals surface area contributed by atoms with E-state index in [4.69, 9.17) is 23.7 Å². The number of carbonyl (C=O) groups is 2. The van der Waals surface area contributed by atoms with E-state index in [9.17, 15) is 9.59 Å². The van der Waals surface area contributed by atoms with Crippen LogP contribution in [0.5, 0.6) is 0 Å². The largest absolute Gasteiger partial charge is 0.454 e. The summed E-state index contributed by atoms with van der Waals surface area (Å²) in [6.45, 7) is 1.82. The predicted molar refractivity (Wildman–Crippen MR) is 143 cm³/mol. The predicted octanol–water partition coefficient (Wildman–Crippen LogP) is 4.17. The van der Waals surface area contributed by atoms with Crippen molar-refractivity contribution in [1.29, 1.82) is 0 Å². The van der Waals surface area contributed by atoms with Crippen LogP contribution in [0, 0.1) is 0 Å². The SMILES string of the molecule is CC(=O)N[C@@H]1[C@H](OCc2ccccc2)O[C@@H]2CO[C@H](c3ccccc3)O[C@@H]2[C@H]1OC(=O)/C=C/c1ccccc1. The molecule has 2 fully saturated rings. The Morgan fingerprint density at radius 1 is 0.923 bits per heavy atom. The molecule has 8 nitrogen and oxygen atoms in total. The van der Waals surface area contributed by atoms with E-state index >= 15 is 0 Å². The van der Waals surface area contributed by atoms with Crippen LogP contribution in [0.25, 0.3) is 6.08 Å². The van der Waals surface area contributed by atoms with E-state index in [0.717, 1.165) is 16.7 Å². The highest BCUT2D eigenvalue weighted by Gasteiger charge is 2.52. The molecule has 0 aliphatic carbocycles. The van der Waals surface area contributed by atoms with Gasteiger partial charge in [-0.3, -0.25) is 4.79 Å². The zero-order valence-electron chi connectivity index (χ0n) is 21.6. The second kappa shape index (κ2) is 12.8. The third-order valence-electron chi connectivity index (χ3n) is 6.50. The Kier molecular flexibility index (Phi) is 8.80. The van der Waals surface area contributed by atoms with Crippen molar-refractivity contribution in [3.05, 3.63) is 114 Å². The molecule has 2 saturated heterocycles. The monoisotopic (exact) mass is 529 g/mol. The summed E-state index contributed by atoms with van der Waals surface area (Å²) >= 11 is 0. The molecular formula is C31H31NO7. The van der Waals surface area contributed by atoms with E-state index in [1.165, 1.54) is 13.0 Å². The lowest BCUT2D eigenvalue weighted by molar-refractivity contribution is -0.346. The van der Waals surface area contributed by atoms with E-state index in [-0.39, 0.29) is 19.1 Å². The molecule has 1 amide bonds. The van der Waals surface area contributed by atoms with Crippen molar-refractivity contribution < 1.29 is 33.3 Å². The van der Waals surface area contributed by atoms with Gasteiger partial charge in [0.25, 0.3) is 0 Å². The van der Waals surface area contributed by atoms with Crippen LogP contribution in [-0.2, 0) is 39.9 Å². The summed E-state index contributed by atoms with van der Waals surface area (Å²) in [7, 11) is 0. The second-order valence-electron chi connectivity index (χ2n) is 9.39. The molecule has 2 aliphatic heterocycles. The van der Waals surface area contributed by atoms with Gasteiger partial charge in [0, 0.05) is 18.6 Å². The summed E-state index contributed by atoms with van der Waals surface area (Å²) in [5.41, 5.74) is 2.61. The smallest absolute Gasteiger partial charge is 0.331 e. The normalized spacial score (nSPS) is 26.5. The first kappa shape index (κ1) is 26.8.